The summed E-state index contributed by atoms with van der Waals surface area (Å²) >= 11 is 0. The molecule has 0 aliphatic carbocycles. The Kier molecular flexibility index (Phi) is 3.34. The topological polar surface area (TPSA) is 59.3 Å². The molecule has 0 amide bonds. The van der Waals surface area contributed by atoms with Crippen molar-refractivity contribution in [3.63, 3.8) is 0 Å². The van der Waals surface area contributed by atoms with Crippen LogP contribution in [0.15, 0.2) is 10.5 Å². The zero-order chi connectivity index (χ0) is 10.8. The Morgan fingerprint density at radius 1 is 1.43 bits per heavy atom. The number of hydrogen-bond donors (Lipinski definition) is 1. The molecule has 80 valence electrons. The summed E-state index contributed by atoms with van der Waals surface area (Å²) < 4.78 is 30.1. The van der Waals surface area contributed by atoms with Gasteiger partial charge in [0.2, 0.25) is 10.0 Å². The lowest BCUT2D eigenvalue weighted by molar-refractivity contribution is 0.500. The minimum atomic E-state index is -3.12. The first-order valence-electron chi connectivity index (χ1n) is 4.48. The number of aryl methyl sites for hydroxylation is 2. The van der Waals surface area contributed by atoms with Gasteiger partial charge in [0, 0.05) is 12.1 Å². The molecule has 0 unspecified atom stereocenters. The molecule has 1 N–H and O–H groups in total. The van der Waals surface area contributed by atoms with Crippen LogP contribution in [0.25, 0.3) is 0 Å². The van der Waals surface area contributed by atoms with Crippen LogP contribution in [0.1, 0.15) is 24.0 Å². The fourth-order valence-electron chi connectivity index (χ4n) is 1.15. The molecule has 0 saturated heterocycles. The highest BCUT2D eigenvalue weighted by molar-refractivity contribution is 7.89. The van der Waals surface area contributed by atoms with Gasteiger partial charge in [0.25, 0.3) is 0 Å². The quantitative estimate of drug-likeness (QED) is 0.827. The first-order chi connectivity index (χ1) is 6.44. The SMILES string of the molecule is CCS(=O)(=O)NCc1cc(C)oc1C. The van der Waals surface area contributed by atoms with Crippen molar-refractivity contribution in [1.29, 1.82) is 0 Å². The third kappa shape index (κ3) is 2.85. The van der Waals surface area contributed by atoms with Crippen LogP contribution in [0.3, 0.4) is 0 Å². The number of furan rings is 1. The van der Waals surface area contributed by atoms with Gasteiger partial charge in [0.05, 0.1) is 5.75 Å². The van der Waals surface area contributed by atoms with Gasteiger partial charge in [0.15, 0.2) is 0 Å². The van der Waals surface area contributed by atoms with Crippen molar-refractivity contribution >= 4 is 10.0 Å². The average Bonchev–Trinajstić information content (AvgIpc) is 2.42. The second-order valence-corrected chi connectivity index (χ2v) is 5.26. The van der Waals surface area contributed by atoms with Crippen LogP contribution < -0.4 is 4.72 Å². The van der Waals surface area contributed by atoms with Crippen LogP contribution >= 0.6 is 0 Å². The molecule has 1 rings (SSSR count). The Morgan fingerprint density at radius 2 is 2.07 bits per heavy atom. The van der Waals surface area contributed by atoms with Crippen molar-refractivity contribution < 1.29 is 12.8 Å². The van der Waals surface area contributed by atoms with E-state index in [9.17, 15) is 8.42 Å². The van der Waals surface area contributed by atoms with Crippen molar-refractivity contribution in [3.8, 4) is 0 Å². The summed E-state index contributed by atoms with van der Waals surface area (Å²) in [4.78, 5) is 0. The summed E-state index contributed by atoms with van der Waals surface area (Å²) in [6.07, 6.45) is 0. The molecular formula is C9H15NO3S. The fraction of sp³-hybridized carbons (Fsp3) is 0.556. The largest absolute Gasteiger partial charge is 0.466 e. The van der Waals surface area contributed by atoms with E-state index >= 15 is 0 Å². The van der Waals surface area contributed by atoms with E-state index in [-0.39, 0.29) is 5.75 Å². The second-order valence-electron chi connectivity index (χ2n) is 3.16. The maximum Gasteiger partial charge on any atom is 0.211 e. The predicted molar refractivity (Wildman–Crippen MR) is 54.5 cm³/mol. The van der Waals surface area contributed by atoms with E-state index < -0.39 is 10.0 Å². The van der Waals surface area contributed by atoms with E-state index in [0.29, 0.717) is 6.54 Å². The Hall–Kier alpha value is -0.810. The van der Waals surface area contributed by atoms with Crippen LogP contribution in [0.5, 0.6) is 0 Å². The Labute approximate surface area is 84.4 Å². The molecule has 0 radical (unpaired) electrons. The molecule has 0 aromatic carbocycles. The number of hydrogen-bond acceptors (Lipinski definition) is 3. The lowest BCUT2D eigenvalue weighted by Crippen LogP contribution is -2.24. The first kappa shape index (κ1) is 11.3. The molecule has 0 saturated carbocycles. The molecule has 0 aliphatic rings. The summed E-state index contributed by atoms with van der Waals surface area (Å²) in [6.45, 7) is 5.57. The second kappa shape index (κ2) is 4.14. The Bertz CT molecular complexity index is 406. The van der Waals surface area contributed by atoms with Gasteiger partial charge < -0.3 is 4.42 Å². The molecule has 0 fully saturated rings. The van der Waals surface area contributed by atoms with Gasteiger partial charge in [0.1, 0.15) is 11.5 Å². The van der Waals surface area contributed by atoms with Crippen molar-refractivity contribution in [1.82, 2.24) is 4.72 Å². The molecule has 4 nitrogen and oxygen atoms in total. The Balaban J connectivity index is 2.67. The van der Waals surface area contributed by atoms with Crippen LogP contribution in [0.2, 0.25) is 0 Å². The molecular weight excluding hydrogens is 202 g/mol. The van der Waals surface area contributed by atoms with Gasteiger partial charge in [-0.3, -0.25) is 0 Å². The highest BCUT2D eigenvalue weighted by Crippen LogP contribution is 2.13. The third-order valence-corrected chi connectivity index (χ3v) is 3.35. The molecule has 0 atom stereocenters. The molecule has 1 heterocycles. The highest BCUT2D eigenvalue weighted by Gasteiger charge is 2.09. The molecule has 14 heavy (non-hydrogen) atoms. The fourth-order valence-corrected chi connectivity index (χ4v) is 1.73. The summed E-state index contributed by atoms with van der Waals surface area (Å²) in [6, 6.07) is 1.84. The molecule has 0 aliphatic heterocycles. The normalized spacial score (nSPS) is 11.9. The number of sulfonamides is 1. The van der Waals surface area contributed by atoms with Crippen LogP contribution in [0, 0.1) is 13.8 Å². The van der Waals surface area contributed by atoms with E-state index in [1.165, 1.54) is 0 Å². The first-order valence-corrected chi connectivity index (χ1v) is 6.13. The van der Waals surface area contributed by atoms with Gasteiger partial charge in [-0.15, -0.1) is 0 Å². The zero-order valence-corrected chi connectivity index (χ0v) is 9.44. The van der Waals surface area contributed by atoms with Gasteiger partial charge in [-0.1, -0.05) is 0 Å². The Morgan fingerprint density at radius 3 is 2.50 bits per heavy atom. The van der Waals surface area contributed by atoms with E-state index in [1.807, 2.05) is 19.9 Å². The van der Waals surface area contributed by atoms with E-state index in [0.717, 1.165) is 17.1 Å². The monoisotopic (exact) mass is 217 g/mol. The molecule has 1 aromatic rings. The lowest BCUT2D eigenvalue weighted by Gasteiger charge is -2.02. The molecule has 1 aromatic heterocycles. The van der Waals surface area contributed by atoms with E-state index in [1.54, 1.807) is 6.92 Å². The van der Waals surface area contributed by atoms with Crippen LogP contribution in [0.4, 0.5) is 0 Å². The van der Waals surface area contributed by atoms with E-state index in [4.69, 9.17) is 4.42 Å². The predicted octanol–water partition coefficient (Wildman–Crippen LogP) is 1.34. The molecule has 0 spiro atoms. The standard InChI is InChI=1S/C9H15NO3S/c1-4-14(11,12)10-6-9-5-7(2)13-8(9)3/h5,10H,4,6H2,1-3H3. The minimum absolute atomic E-state index is 0.100. The highest BCUT2D eigenvalue weighted by atomic mass is 32.2. The van der Waals surface area contributed by atoms with Crippen LogP contribution in [-0.4, -0.2) is 14.2 Å². The molecule has 0 bridgehead atoms. The zero-order valence-electron chi connectivity index (χ0n) is 8.62. The summed E-state index contributed by atoms with van der Waals surface area (Å²) in [7, 11) is -3.12. The number of rotatable bonds is 4. The summed E-state index contributed by atoms with van der Waals surface area (Å²) in [5, 5.41) is 0. The van der Waals surface area contributed by atoms with Crippen LogP contribution in [-0.2, 0) is 16.6 Å². The van der Waals surface area contributed by atoms with Gasteiger partial charge in [-0.05, 0) is 26.8 Å². The maximum atomic E-state index is 11.1. The average molecular weight is 217 g/mol. The van der Waals surface area contributed by atoms with Gasteiger partial charge in [-0.2, -0.15) is 0 Å². The number of nitrogens with one attached hydrogen (secondary N) is 1. The summed E-state index contributed by atoms with van der Waals surface area (Å²) in [5.74, 6) is 1.66. The minimum Gasteiger partial charge on any atom is -0.466 e. The summed E-state index contributed by atoms with van der Waals surface area (Å²) in [5.41, 5.74) is 0.888. The maximum absolute atomic E-state index is 11.1. The van der Waals surface area contributed by atoms with Crippen molar-refractivity contribution in [2.45, 2.75) is 27.3 Å². The van der Waals surface area contributed by atoms with Gasteiger partial charge in [-0.25, -0.2) is 13.1 Å². The van der Waals surface area contributed by atoms with Gasteiger partial charge >= 0.3 is 0 Å². The van der Waals surface area contributed by atoms with Crippen molar-refractivity contribution in [2.24, 2.45) is 0 Å². The van der Waals surface area contributed by atoms with Crippen molar-refractivity contribution in [3.05, 3.63) is 23.2 Å². The third-order valence-electron chi connectivity index (χ3n) is 2.01. The smallest absolute Gasteiger partial charge is 0.211 e. The lowest BCUT2D eigenvalue weighted by atomic mass is 10.2. The van der Waals surface area contributed by atoms with Crippen molar-refractivity contribution in [2.75, 3.05) is 5.75 Å². The molecule has 5 heteroatoms. The van der Waals surface area contributed by atoms with E-state index in [2.05, 4.69) is 4.72 Å².